The van der Waals surface area contributed by atoms with Crippen LogP contribution in [0.25, 0.3) is 0 Å². The number of rotatable bonds is 4. The van der Waals surface area contributed by atoms with E-state index in [0.29, 0.717) is 18.4 Å². The number of nitrogens with zero attached hydrogens (tertiary/aromatic N) is 2. The average Bonchev–Trinajstić information content (AvgIpc) is 2.57. The summed E-state index contributed by atoms with van der Waals surface area (Å²) in [5.74, 6) is 0. The highest BCUT2D eigenvalue weighted by atomic mass is 19.1. The summed E-state index contributed by atoms with van der Waals surface area (Å²) < 4.78 is 26.1. The lowest BCUT2D eigenvalue weighted by Gasteiger charge is -2.39. The predicted molar refractivity (Wildman–Crippen MR) is 84.7 cm³/mol. The van der Waals surface area contributed by atoms with Gasteiger partial charge in [0.05, 0.1) is 22.7 Å². The first-order valence-corrected chi connectivity index (χ1v) is 7.81. The molecule has 1 saturated heterocycles. The van der Waals surface area contributed by atoms with E-state index in [1.54, 1.807) is 0 Å². The van der Waals surface area contributed by atoms with Crippen molar-refractivity contribution in [2.75, 3.05) is 20.6 Å². The van der Waals surface area contributed by atoms with Crippen LogP contribution in [0.1, 0.15) is 47.0 Å². The summed E-state index contributed by atoms with van der Waals surface area (Å²) in [6.45, 7) is 8.45. The summed E-state index contributed by atoms with van der Waals surface area (Å²) in [6.07, 6.45) is 1.72. The fourth-order valence-corrected chi connectivity index (χ4v) is 2.80. The second kappa shape index (κ2) is 5.63. The van der Waals surface area contributed by atoms with Gasteiger partial charge in [0, 0.05) is 0 Å². The van der Waals surface area contributed by atoms with E-state index in [1.165, 1.54) is 0 Å². The molecule has 0 amide bonds. The van der Waals surface area contributed by atoms with Crippen LogP contribution in [0.15, 0.2) is 11.3 Å². The Labute approximate surface area is 133 Å². The molecule has 1 aliphatic carbocycles. The van der Waals surface area contributed by atoms with Crippen LogP contribution in [-0.4, -0.2) is 43.9 Å². The topological polar surface area (TPSA) is 45.5 Å². The first-order valence-electron chi connectivity index (χ1n) is 7.81. The van der Waals surface area contributed by atoms with Crippen LogP contribution in [0.2, 0.25) is 0 Å². The lowest BCUT2D eigenvalue weighted by atomic mass is 9.61. The zero-order chi connectivity index (χ0) is 16.8. The summed E-state index contributed by atoms with van der Waals surface area (Å²) in [4.78, 5) is 2.05. The molecule has 0 aromatic rings. The maximum Gasteiger partial charge on any atom is 0.525 e. The summed E-state index contributed by atoms with van der Waals surface area (Å²) in [5.41, 5.74) is -1.19. The van der Waals surface area contributed by atoms with Crippen LogP contribution < -0.4 is 0 Å². The minimum absolute atomic E-state index is 0.339. The van der Waals surface area contributed by atoms with Crippen molar-refractivity contribution in [3.05, 3.63) is 11.3 Å². The molecule has 0 unspecified atom stereocenters. The zero-order valence-corrected chi connectivity index (χ0v) is 14.5. The Morgan fingerprint density at radius 2 is 1.73 bits per heavy atom. The van der Waals surface area contributed by atoms with Gasteiger partial charge in [0.15, 0.2) is 0 Å². The van der Waals surface area contributed by atoms with Crippen molar-refractivity contribution in [3.8, 4) is 6.07 Å². The Morgan fingerprint density at radius 1 is 1.23 bits per heavy atom. The van der Waals surface area contributed by atoms with Crippen molar-refractivity contribution in [2.24, 2.45) is 5.41 Å². The number of halogens is 1. The maximum atomic E-state index is 14.6. The Bertz CT molecular complexity index is 499. The molecule has 2 rings (SSSR count). The van der Waals surface area contributed by atoms with Gasteiger partial charge in [-0.15, -0.1) is 0 Å². The van der Waals surface area contributed by atoms with E-state index in [-0.39, 0.29) is 5.73 Å². The highest BCUT2D eigenvalue weighted by molar-refractivity contribution is 6.53. The van der Waals surface area contributed by atoms with E-state index in [9.17, 15) is 9.65 Å². The van der Waals surface area contributed by atoms with Gasteiger partial charge in [0.1, 0.15) is 5.73 Å². The molecule has 1 heterocycles. The van der Waals surface area contributed by atoms with Crippen LogP contribution >= 0.6 is 0 Å². The highest BCUT2D eigenvalue weighted by Gasteiger charge is 2.55. The van der Waals surface area contributed by atoms with E-state index in [2.05, 4.69) is 6.07 Å². The van der Waals surface area contributed by atoms with Crippen LogP contribution in [0, 0.1) is 16.7 Å². The molecule has 0 N–H and O–H groups in total. The van der Waals surface area contributed by atoms with Gasteiger partial charge in [-0.1, -0.05) is 0 Å². The van der Waals surface area contributed by atoms with E-state index in [4.69, 9.17) is 9.31 Å². The minimum atomic E-state index is -0.939. The van der Waals surface area contributed by atoms with Gasteiger partial charge in [-0.25, -0.2) is 4.39 Å². The summed E-state index contributed by atoms with van der Waals surface area (Å²) in [5, 5.41) is 9.40. The normalized spacial score (nSPS) is 29.4. The van der Waals surface area contributed by atoms with Gasteiger partial charge in [-0.05, 0) is 73.2 Å². The summed E-state index contributed by atoms with van der Waals surface area (Å²) in [6, 6.07) is 2.37. The first kappa shape index (κ1) is 17.5. The van der Waals surface area contributed by atoms with Crippen molar-refractivity contribution in [3.63, 3.8) is 0 Å². The van der Waals surface area contributed by atoms with Gasteiger partial charge in [-0.2, -0.15) is 5.26 Å². The Kier molecular flexibility index (Phi) is 4.47. The number of allylic oxidation sites excluding steroid dienone is 1. The molecule has 0 atom stereocenters. The molecule has 122 valence electrons. The summed E-state index contributed by atoms with van der Waals surface area (Å²) in [7, 11) is 3.02. The molecular formula is C16H26BFN2O2. The second-order valence-corrected chi connectivity index (χ2v) is 7.84. The molecule has 0 bridgehead atoms. The Morgan fingerprint density at radius 3 is 2.14 bits per heavy atom. The third-order valence-electron chi connectivity index (χ3n) is 5.18. The third kappa shape index (κ3) is 3.08. The molecule has 2 fully saturated rings. The van der Waals surface area contributed by atoms with Crippen molar-refractivity contribution >= 4 is 7.12 Å². The molecule has 0 aromatic carbocycles. The minimum Gasteiger partial charge on any atom is -0.398 e. The molecule has 22 heavy (non-hydrogen) atoms. The van der Waals surface area contributed by atoms with Crippen LogP contribution in [0.3, 0.4) is 0 Å². The van der Waals surface area contributed by atoms with Crippen LogP contribution in [0.4, 0.5) is 4.39 Å². The number of hydrogen-bond acceptors (Lipinski definition) is 4. The quantitative estimate of drug-likeness (QED) is 0.749. The fourth-order valence-electron chi connectivity index (χ4n) is 2.80. The van der Waals surface area contributed by atoms with Crippen LogP contribution in [0.5, 0.6) is 0 Å². The van der Waals surface area contributed by atoms with Gasteiger partial charge in [0.2, 0.25) is 0 Å². The number of nitriles is 1. The molecule has 0 spiro atoms. The average molecular weight is 308 g/mol. The summed E-state index contributed by atoms with van der Waals surface area (Å²) >= 11 is 0. The standard InChI is InChI=1S/C16H26BFN2O2/c1-14(2)15(3,4)22-17(21-14)13(18)12-9-16(10-12,11-19)7-8-20(5)6/h7-10H2,1-6H3. The SMILES string of the molecule is CN(C)CCC1(C#N)CC(=C(F)B2OC(C)(C)C(C)(C)O2)C1. The maximum absolute atomic E-state index is 14.6. The van der Waals surface area contributed by atoms with Crippen LogP contribution in [-0.2, 0) is 9.31 Å². The highest BCUT2D eigenvalue weighted by Crippen LogP contribution is 2.50. The van der Waals surface area contributed by atoms with E-state index >= 15 is 0 Å². The molecule has 6 heteroatoms. The zero-order valence-electron chi connectivity index (χ0n) is 14.5. The Balaban J connectivity index is 2.05. The van der Waals surface area contributed by atoms with E-state index in [1.807, 2.05) is 46.7 Å². The predicted octanol–water partition coefficient (Wildman–Crippen LogP) is 3.10. The third-order valence-corrected chi connectivity index (χ3v) is 5.18. The molecule has 0 aromatic heterocycles. The van der Waals surface area contributed by atoms with Gasteiger partial charge < -0.3 is 14.2 Å². The monoisotopic (exact) mass is 308 g/mol. The number of hydrogen-bond donors (Lipinski definition) is 0. The van der Waals surface area contributed by atoms with Crippen molar-refractivity contribution in [1.29, 1.82) is 5.26 Å². The Hall–Kier alpha value is -0.895. The molecule has 0 radical (unpaired) electrons. The van der Waals surface area contributed by atoms with Gasteiger partial charge >= 0.3 is 7.12 Å². The second-order valence-electron chi connectivity index (χ2n) is 7.84. The largest absolute Gasteiger partial charge is 0.525 e. The van der Waals surface area contributed by atoms with Crippen molar-refractivity contribution in [2.45, 2.75) is 58.2 Å². The molecule has 2 aliphatic rings. The molecular weight excluding hydrogens is 282 g/mol. The van der Waals surface area contributed by atoms with Crippen molar-refractivity contribution < 1.29 is 13.7 Å². The molecule has 1 saturated carbocycles. The van der Waals surface area contributed by atoms with E-state index in [0.717, 1.165) is 13.0 Å². The fraction of sp³-hybridized carbons (Fsp3) is 0.812. The van der Waals surface area contributed by atoms with Gasteiger partial charge in [0.25, 0.3) is 0 Å². The molecule has 4 nitrogen and oxygen atoms in total. The smallest absolute Gasteiger partial charge is 0.398 e. The van der Waals surface area contributed by atoms with E-state index < -0.39 is 23.7 Å². The van der Waals surface area contributed by atoms with Crippen molar-refractivity contribution in [1.82, 2.24) is 4.90 Å². The lowest BCUT2D eigenvalue weighted by molar-refractivity contribution is 0.00578. The van der Waals surface area contributed by atoms with Gasteiger partial charge in [-0.3, -0.25) is 0 Å². The molecule has 1 aliphatic heterocycles. The first-order chi connectivity index (χ1) is 10.0. The lowest BCUT2D eigenvalue weighted by Crippen LogP contribution is -2.41.